The van der Waals surface area contributed by atoms with E-state index in [4.69, 9.17) is 25.8 Å². The molecular weight excluding hydrogens is 732 g/mol. The Morgan fingerprint density at radius 1 is 1.06 bits per heavy atom. The third-order valence-corrected chi connectivity index (χ3v) is 9.28. The lowest BCUT2D eigenvalue weighted by atomic mass is 9.81. The number of carbonyl (C=O) groups is 3. The van der Waals surface area contributed by atoms with Crippen molar-refractivity contribution in [1.82, 2.24) is 4.90 Å². The molecule has 1 saturated heterocycles. The first-order chi connectivity index (χ1) is 25.5. The molecule has 0 aromatic heterocycles. The fourth-order valence-corrected chi connectivity index (χ4v) is 6.35. The van der Waals surface area contributed by atoms with E-state index in [1.54, 1.807) is 32.9 Å². The van der Waals surface area contributed by atoms with Gasteiger partial charge < -0.3 is 14.2 Å². The van der Waals surface area contributed by atoms with Crippen LogP contribution >= 0.6 is 11.6 Å². The molecule has 10 nitrogen and oxygen atoms in total. The molecule has 1 amide bonds. The maximum Gasteiger partial charge on any atom is 0.410 e. The number of esters is 1. The second-order valence-corrected chi connectivity index (χ2v) is 14.6. The van der Waals surface area contributed by atoms with Crippen molar-refractivity contribution in [2.45, 2.75) is 95.7 Å². The van der Waals surface area contributed by atoms with Gasteiger partial charge >= 0.3 is 18.2 Å². The summed E-state index contributed by atoms with van der Waals surface area (Å²) in [6.45, 7) is 6.27. The van der Waals surface area contributed by atoms with E-state index < -0.39 is 79.0 Å². The molecule has 0 aliphatic carbocycles. The number of Topliss-reactive ketones (excluding diaryl/α,β-unsaturated/α-hetero) is 1. The topological polar surface area (TPSA) is 131 Å². The van der Waals surface area contributed by atoms with Gasteiger partial charge in [0.1, 0.15) is 29.9 Å². The normalized spacial score (nSPS) is 17.2. The first-order valence-electron chi connectivity index (χ1n) is 17.4. The van der Waals surface area contributed by atoms with E-state index in [2.05, 4.69) is 10.0 Å². The van der Waals surface area contributed by atoms with Gasteiger partial charge in [-0.3, -0.25) is 14.5 Å². The molecule has 3 aromatic rings. The average molecular weight is 775 g/mol. The summed E-state index contributed by atoms with van der Waals surface area (Å²) < 4.78 is 69.8. The Labute approximate surface area is 316 Å². The number of morpholine rings is 1. The molecule has 0 spiro atoms. The Balaban J connectivity index is 1.52. The van der Waals surface area contributed by atoms with E-state index in [0.717, 1.165) is 11.1 Å². The number of ketones is 1. The molecule has 290 valence electrons. The number of aryl methyl sites for hydroxylation is 1. The highest BCUT2D eigenvalue weighted by atomic mass is 35.5. The van der Waals surface area contributed by atoms with Gasteiger partial charge in [0.05, 0.1) is 38.1 Å². The lowest BCUT2D eigenvalue weighted by Crippen LogP contribution is -2.55. The van der Waals surface area contributed by atoms with Crippen molar-refractivity contribution in [3.05, 3.63) is 116 Å². The fraction of sp³-hybridized carbons (Fsp3) is 0.462. The molecule has 0 bridgehead atoms. The van der Waals surface area contributed by atoms with Crippen LogP contribution in [0.5, 0.6) is 0 Å². The number of alkyl halides is 3. The minimum Gasteiger partial charge on any atom is -0.463 e. The van der Waals surface area contributed by atoms with Gasteiger partial charge in [-0.15, -0.1) is 0 Å². The van der Waals surface area contributed by atoms with Crippen LogP contribution in [0.3, 0.4) is 0 Å². The number of nitrogens with zero attached hydrogens (tertiary/aromatic N) is 4. The Morgan fingerprint density at radius 3 is 2.43 bits per heavy atom. The summed E-state index contributed by atoms with van der Waals surface area (Å²) in [7, 11) is 0. The Hall–Kier alpha value is -4.65. The van der Waals surface area contributed by atoms with Crippen LogP contribution in [-0.2, 0) is 36.6 Å². The van der Waals surface area contributed by atoms with Gasteiger partial charge in [0.2, 0.25) is 0 Å². The predicted octanol–water partition coefficient (Wildman–Crippen LogP) is 9.23. The van der Waals surface area contributed by atoms with Gasteiger partial charge in [-0.1, -0.05) is 71.3 Å². The number of rotatable bonds is 14. The number of halogens is 5. The SMILES string of the molecule is Cc1ccc([C@@H](c2ccccc2)[C@H](N=[N+]=[N-])C(=O)Cc2cccc(F)c2CC[C@@H]2CN(C(=O)OC(C)(C)C)[C@H](COC(=O)CCC(F)(F)F)CO2)cc1Cl. The number of benzene rings is 3. The van der Waals surface area contributed by atoms with Crippen molar-refractivity contribution >= 4 is 29.4 Å². The van der Waals surface area contributed by atoms with Crippen LogP contribution in [0.2, 0.25) is 5.02 Å². The predicted molar refractivity (Wildman–Crippen MR) is 194 cm³/mol. The second kappa shape index (κ2) is 18.6. The highest BCUT2D eigenvalue weighted by Crippen LogP contribution is 2.34. The second-order valence-electron chi connectivity index (χ2n) is 14.1. The molecule has 0 unspecified atom stereocenters. The minimum atomic E-state index is -4.53. The Kier molecular flexibility index (Phi) is 14.5. The molecule has 1 heterocycles. The summed E-state index contributed by atoms with van der Waals surface area (Å²) >= 11 is 6.47. The van der Waals surface area contributed by atoms with E-state index >= 15 is 4.39 Å². The van der Waals surface area contributed by atoms with Crippen molar-refractivity contribution in [2.75, 3.05) is 19.8 Å². The highest BCUT2D eigenvalue weighted by molar-refractivity contribution is 6.31. The zero-order valence-corrected chi connectivity index (χ0v) is 31.2. The van der Waals surface area contributed by atoms with E-state index in [0.29, 0.717) is 16.1 Å². The molecule has 1 aliphatic rings. The summed E-state index contributed by atoms with van der Waals surface area (Å²) in [5.41, 5.74) is 11.5. The first-order valence-corrected chi connectivity index (χ1v) is 17.8. The highest BCUT2D eigenvalue weighted by Gasteiger charge is 2.37. The zero-order valence-electron chi connectivity index (χ0n) is 30.4. The Morgan fingerprint density at radius 2 is 1.78 bits per heavy atom. The summed E-state index contributed by atoms with van der Waals surface area (Å²) in [6, 6.07) is 16.8. The molecule has 1 fully saturated rings. The van der Waals surface area contributed by atoms with Crippen LogP contribution in [0.1, 0.15) is 73.8 Å². The van der Waals surface area contributed by atoms with Crippen LogP contribution in [0.25, 0.3) is 10.4 Å². The molecular formula is C39H43ClF4N4O6. The van der Waals surface area contributed by atoms with Gasteiger partial charge in [0.25, 0.3) is 0 Å². The average Bonchev–Trinajstić information content (AvgIpc) is 3.10. The van der Waals surface area contributed by atoms with E-state index in [9.17, 15) is 33.1 Å². The number of amides is 1. The maximum absolute atomic E-state index is 15.5. The van der Waals surface area contributed by atoms with E-state index in [-0.39, 0.29) is 38.0 Å². The number of hydrogen-bond acceptors (Lipinski definition) is 7. The van der Waals surface area contributed by atoms with Gasteiger partial charge in [-0.05, 0) is 86.0 Å². The number of azide groups is 1. The van der Waals surface area contributed by atoms with Crippen LogP contribution < -0.4 is 0 Å². The number of ether oxygens (including phenoxy) is 3. The van der Waals surface area contributed by atoms with Gasteiger partial charge in [0.15, 0.2) is 0 Å². The number of hydrogen-bond donors (Lipinski definition) is 0. The van der Waals surface area contributed by atoms with Crippen LogP contribution in [0, 0.1) is 12.7 Å². The molecule has 15 heteroatoms. The summed E-state index contributed by atoms with van der Waals surface area (Å²) in [5, 5.41) is 4.43. The van der Waals surface area contributed by atoms with Crippen LogP contribution in [-0.4, -0.2) is 72.5 Å². The fourth-order valence-electron chi connectivity index (χ4n) is 6.16. The largest absolute Gasteiger partial charge is 0.463 e. The standard InChI is InChI=1S/C39H43ClF4N4O6/c1-24-13-14-27(19-31(24)40)35(25-9-6-5-7-10-25)36(46-47-45)33(49)20-26-11-8-12-32(41)30(26)16-15-29-21-48(37(51)54-38(2,3)4)28(22-52-29)23-53-34(50)17-18-39(42,43)44/h5-14,19,28-29,35-36H,15-18,20-23H2,1-4H3/t28-,29+,35+,36+/m0/s1. The molecule has 3 aromatic carbocycles. The Bertz CT molecular complexity index is 1830. The summed E-state index contributed by atoms with van der Waals surface area (Å²) in [5.74, 6) is -2.76. The summed E-state index contributed by atoms with van der Waals surface area (Å²) in [4.78, 5) is 43.6. The molecule has 1 aliphatic heterocycles. The number of carbonyl (C=O) groups excluding carboxylic acids is 3. The molecule has 0 saturated carbocycles. The van der Waals surface area contributed by atoms with Crippen LogP contribution in [0.15, 0.2) is 71.8 Å². The molecule has 0 N–H and O–H groups in total. The quantitative estimate of drug-likeness (QED) is 0.0528. The van der Waals surface area contributed by atoms with Gasteiger partial charge in [0, 0.05) is 22.3 Å². The van der Waals surface area contributed by atoms with Crippen molar-refractivity contribution in [1.29, 1.82) is 0 Å². The van der Waals surface area contributed by atoms with E-state index in [1.165, 1.54) is 17.0 Å². The lowest BCUT2D eigenvalue weighted by Gasteiger charge is -2.40. The maximum atomic E-state index is 15.5. The monoisotopic (exact) mass is 774 g/mol. The molecule has 0 radical (unpaired) electrons. The van der Waals surface area contributed by atoms with Crippen molar-refractivity contribution in [3.63, 3.8) is 0 Å². The van der Waals surface area contributed by atoms with Gasteiger partial charge in [-0.2, -0.15) is 13.2 Å². The first kappa shape index (κ1) is 42.1. The van der Waals surface area contributed by atoms with Crippen molar-refractivity contribution in [2.24, 2.45) is 5.11 Å². The van der Waals surface area contributed by atoms with Crippen LogP contribution in [0.4, 0.5) is 22.4 Å². The zero-order chi connectivity index (χ0) is 39.6. The third-order valence-electron chi connectivity index (χ3n) is 8.87. The minimum absolute atomic E-state index is 0.0424. The van der Waals surface area contributed by atoms with Crippen molar-refractivity contribution in [3.8, 4) is 0 Å². The third kappa shape index (κ3) is 12.2. The smallest absolute Gasteiger partial charge is 0.410 e. The summed E-state index contributed by atoms with van der Waals surface area (Å²) in [6.07, 6.45) is -8.06. The molecule has 4 rings (SSSR count). The van der Waals surface area contributed by atoms with E-state index in [1.807, 2.05) is 49.4 Å². The molecule has 54 heavy (non-hydrogen) atoms. The van der Waals surface area contributed by atoms with Crippen molar-refractivity contribution < 1.29 is 46.2 Å². The molecule has 4 atom stereocenters. The van der Waals surface area contributed by atoms with Gasteiger partial charge in [-0.25, -0.2) is 9.18 Å². The lowest BCUT2D eigenvalue weighted by molar-refractivity contribution is -0.160.